The standard InChI is InChI=1S/C14H17ClN4O2S/c1-2-19-10-17-18-14(19)22-9-13(20)16-7-8-21-12-5-3-11(15)4-6-12/h3-6,10H,2,7-9H2,1H3,(H,16,20). The second kappa shape index (κ2) is 8.65. The van der Waals surface area contributed by atoms with E-state index in [1.807, 2.05) is 11.5 Å². The maximum Gasteiger partial charge on any atom is 0.230 e. The molecule has 0 aliphatic rings. The molecule has 0 saturated heterocycles. The van der Waals surface area contributed by atoms with Crippen molar-refractivity contribution in [1.82, 2.24) is 20.1 Å². The molecule has 0 atom stereocenters. The van der Waals surface area contributed by atoms with Crippen LogP contribution in [0.5, 0.6) is 5.75 Å². The monoisotopic (exact) mass is 340 g/mol. The number of ether oxygens (including phenoxy) is 1. The first kappa shape index (κ1) is 16.6. The zero-order valence-electron chi connectivity index (χ0n) is 12.2. The summed E-state index contributed by atoms with van der Waals surface area (Å²) in [6.07, 6.45) is 1.65. The number of thioether (sulfide) groups is 1. The summed E-state index contributed by atoms with van der Waals surface area (Å²) in [6.45, 7) is 3.64. The first-order valence-corrected chi connectivity index (χ1v) is 8.21. The average molecular weight is 341 g/mol. The third-order valence-corrected chi connectivity index (χ3v) is 3.99. The molecular formula is C14H17ClN4O2S. The lowest BCUT2D eigenvalue weighted by atomic mass is 10.3. The van der Waals surface area contributed by atoms with Crippen LogP contribution in [0.1, 0.15) is 6.92 Å². The van der Waals surface area contributed by atoms with Gasteiger partial charge in [-0.15, -0.1) is 10.2 Å². The fourth-order valence-corrected chi connectivity index (χ4v) is 2.58. The maximum absolute atomic E-state index is 11.7. The normalized spacial score (nSPS) is 10.5. The molecule has 1 aromatic heterocycles. The second-order valence-electron chi connectivity index (χ2n) is 4.34. The highest BCUT2D eigenvalue weighted by atomic mass is 35.5. The minimum absolute atomic E-state index is 0.0599. The Bertz CT molecular complexity index is 603. The lowest BCUT2D eigenvalue weighted by Crippen LogP contribution is -2.29. The number of aryl methyl sites for hydroxylation is 1. The zero-order valence-corrected chi connectivity index (χ0v) is 13.7. The molecule has 8 heteroatoms. The molecule has 6 nitrogen and oxygen atoms in total. The van der Waals surface area contributed by atoms with Crippen LogP contribution in [-0.2, 0) is 11.3 Å². The van der Waals surface area contributed by atoms with Crippen molar-refractivity contribution in [3.8, 4) is 5.75 Å². The summed E-state index contributed by atoms with van der Waals surface area (Å²) in [5.74, 6) is 0.971. The fraction of sp³-hybridized carbons (Fsp3) is 0.357. The van der Waals surface area contributed by atoms with Crippen LogP contribution in [0, 0.1) is 0 Å². The number of nitrogens with one attached hydrogen (secondary N) is 1. The highest BCUT2D eigenvalue weighted by molar-refractivity contribution is 7.99. The van der Waals surface area contributed by atoms with Gasteiger partial charge in [-0.05, 0) is 31.2 Å². The molecule has 0 fully saturated rings. The van der Waals surface area contributed by atoms with Gasteiger partial charge in [0.15, 0.2) is 5.16 Å². The summed E-state index contributed by atoms with van der Waals surface area (Å²) >= 11 is 7.15. The number of benzene rings is 1. The number of nitrogens with zero attached hydrogens (tertiary/aromatic N) is 3. The Morgan fingerprint density at radius 3 is 2.91 bits per heavy atom. The lowest BCUT2D eigenvalue weighted by Gasteiger charge is -2.08. The molecule has 0 saturated carbocycles. The van der Waals surface area contributed by atoms with E-state index < -0.39 is 0 Å². The minimum Gasteiger partial charge on any atom is -0.492 e. The van der Waals surface area contributed by atoms with Crippen molar-refractivity contribution >= 4 is 29.3 Å². The highest BCUT2D eigenvalue weighted by Gasteiger charge is 2.07. The Kier molecular flexibility index (Phi) is 6.54. The third-order valence-electron chi connectivity index (χ3n) is 2.76. The number of aromatic nitrogens is 3. The van der Waals surface area contributed by atoms with Crippen molar-refractivity contribution in [2.75, 3.05) is 18.9 Å². The van der Waals surface area contributed by atoms with Crippen molar-refractivity contribution in [3.63, 3.8) is 0 Å². The van der Waals surface area contributed by atoms with Gasteiger partial charge in [-0.3, -0.25) is 4.79 Å². The van der Waals surface area contributed by atoms with E-state index in [4.69, 9.17) is 16.3 Å². The zero-order chi connectivity index (χ0) is 15.8. The molecule has 0 bridgehead atoms. The topological polar surface area (TPSA) is 69.0 Å². The summed E-state index contributed by atoms with van der Waals surface area (Å²) in [5, 5.41) is 12.0. The number of carbonyl (C=O) groups excluding carboxylic acids is 1. The Hall–Kier alpha value is -1.73. The van der Waals surface area contributed by atoms with Crippen LogP contribution in [0.4, 0.5) is 0 Å². The first-order chi connectivity index (χ1) is 10.7. The molecule has 2 rings (SSSR count). The van der Waals surface area contributed by atoms with Gasteiger partial charge in [-0.2, -0.15) is 0 Å². The summed E-state index contributed by atoms with van der Waals surface area (Å²) in [5.41, 5.74) is 0. The van der Waals surface area contributed by atoms with E-state index in [1.165, 1.54) is 11.8 Å². The molecule has 1 amide bonds. The molecule has 0 spiro atoms. The second-order valence-corrected chi connectivity index (χ2v) is 5.72. The maximum atomic E-state index is 11.7. The van der Waals surface area contributed by atoms with Gasteiger partial charge in [-0.1, -0.05) is 23.4 Å². The van der Waals surface area contributed by atoms with Gasteiger partial charge in [0, 0.05) is 11.6 Å². The molecule has 1 heterocycles. The molecule has 0 unspecified atom stereocenters. The fourth-order valence-electron chi connectivity index (χ4n) is 1.64. The van der Waals surface area contributed by atoms with Crippen LogP contribution < -0.4 is 10.1 Å². The van der Waals surface area contributed by atoms with Gasteiger partial charge < -0.3 is 14.6 Å². The van der Waals surface area contributed by atoms with Crippen LogP contribution in [-0.4, -0.2) is 39.6 Å². The third kappa shape index (κ3) is 5.23. The molecule has 0 aliphatic carbocycles. The number of hydrogen-bond acceptors (Lipinski definition) is 5. The smallest absolute Gasteiger partial charge is 0.230 e. The SMILES string of the molecule is CCn1cnnc1SCC(=O)NCCOc1ccc(Cl)cc1. The highest BCUT2D eigenvalue weighted by Crippen LogP contribution is 2.15. The summed E-state index contributed by atoms with van der Waals surface area (Å²) in [4.78, 5) is 11.7. The van der Waals surface area contributed by atoms with Crippen molar-refractivity contribution in [1.29, 1.82) is 0 Å². The summed E-state index contributed by atoms with van der Waals surface area (Å²) < 4.78 is 7.38. The molecule has 1 aromatic carbocycles. The average Bonchev–Trinajstić information content (AvgIpc) is 2.99. The Balaban J connectivity index is 1.62. The van der Waals surface area contributed by atoms with E-state index in [0.717, 1.165) is 17.5 Å². The molecule has 2 aromatic rings. The molecule has 0 radical (unpaired) electrons. The van der Waals surface area contributed by atoms with Gasteiger partial charge in [-0.25, -0.2) is 0 Å². The van der Waals surface area contributed by atoms with Gasteiger partial charge in [0.25, 0.3) is 0 Å². The van der Waals surface area contributed by atoms with Gasteiger partial charge in [0.05, 0.1) is 12.3 Å². The number of rotatable bonds is 8. The quantitative estimate of drug-likeness (QED) is 0.589. The number of amides is 1. The van der Waals surface area contributed by atoms with Crippen LogP contribution >= 0.6 is 23.4 Å². The van der Waals surface area contributed by atoms with Crippen molar-refractivity contribution in [3.05, 3.63) is 35.6 Å². The summed E-state index contributed by atoms with van der Waals surface area (Å²) in [7, 11) is 0. The Labute approximate surface area is 138 Å². The molecular weight excluding hydrogens is 324 g/mol. The van der Waals surface area contributed by atoms with Crippen molar-refractivity contribution in [2.24, 2.45) is 0 Å². The Morgan fingerprint density at radius 1 is 1.41 bits per heavy atom. The number of hydrogen-bond donors (Lipinski definition) is 1. The van der Waals surface area contributed by atoms with Gasteiger partial charge in [0.1, 0.15) is 18.7 Å². The largest absolute Gasteiger partial charge is 0.492 e. The van der Waals surface area contributed by atoms with Gasteiger partial charge >= 0.3 is 0 Å². The predicted octanol–water partition coefficient (Wildman–Crippen LogP) is 2.24. The molecule has 22 heavy (non-hydrogen) atoms. The van der Waals surface area contributed by atoms with Crippen molar-refractivity contribution in [2.45, 2.75) is 18.6 Å². The van der Waals surface area contributed by atoms with Crippen LogP contribution in [0.15, 0.2) is 35.7 Å². The van der Waals surface area contributed by atoms with E-state index in [-0.39, 0.29) is 5.91 Å². The van der Waals surface area contributed by atoms with Crippen LogP contribution in [0.2, 0.25) is 5.02 Å². The summed E-state index contributed by atoms with van der Waals surface area (Å²) in [6, 6.07) is 7.10. The van der Waals surface area contributed by atoms with E-state index in [2.05, 4.69) is 15.5 Å². The first-order valence-electron chi connectivity index (χ1n) is 6.84. The van der Waals surface area contributed by atoms with E-state index >= 15 is 0 Å². The molecule has 0 aliphatic heterocycles. The van der Waals surface area contributed by atoms with Crippen LogP contribution in [0.25, 0.3) is 0 Å². The van der Waals surface area contributed by atoms with Gasteiger partial charge in [0.2, 0.25) is 5.91 Å². The Morgan fingerprint density at radius 2 is 2.18 bits per heavy atom. The van der Waals surface area contributed by atoms with Crippen molar-refractivity contribution < 1.29 is 9.53 Å². The lowest BCUT2D eigenvalue weighted by molar-refractivity contribution is -0.118. The predicted molar refractivity (Wildman–Crippen MR) is 86.4 cm³/mol. The van der Waals surface area contributed by atoms with E-state index in [0.29, 0.717) is 23.9 Å². The number of halogens is 1. The van der Waals surface area contributed by atoms with E-state index in [1.54, 1.807) is 30.6 Å². The van der Waals surface area contributed by atoms with Crippen LogP contribution in [0.3, 0.4) is 0 Å². The molecule has 118 valence electrons. The molecule has 1 N–H and O–H groups in total. The van der Waals surface area contributed by atoms with E-state index in [9.17, 15) is 4.79 Å². The minimum atomic E-state index is -0.0599. The number of carbonyl (C=O) groups is 1.